The van der Waals surface area contributed by atoms with Gasteiger partial charge in [-0.2, -0.15) is 5.26 Å². The van der Waals surface area contributed by atoms with Crippen LogP contribution in [0.3, 0.4) is 0 Å². The van der Waals surface area contributed by atoms with Gasteiger partial charge < -0.3 is 5.32 Å². The number of nitrogens with zero attached hydrogens (tertiary/aromatic N) is 1. The third kappa shape index (κ3) is 1.92. The van der Waals surface area contributed by atoms with Crippen molar-refractivity contribution >= 4 is 0 Å². The van der Waals surface area contributed by atoms with Crippen molar-refractivity contribution in [1.29, 1.82) is 5.26 Å². The molecule has 0 radical (unpaired) electrons. The zero-order chi connectivity index (χ0) is 9.10. The Morgan fingerprint density at radius 1 is 1.23 bits per heavy atom. The van der Waals surface area contributed by atoms with E-state index in [1.807, 2.05) is 0 Å². The highest BCUT2D eigenvalue weighted by molar-refractivity contribution is 5.02. The lowest BCUT2D eigenvalue weighted by molar-refractivity contribution is 0.405. The molecule has 0 heterocycles. The molecule has 2 heteroatoms. The monoisotopic (exact) mass is 176 g/mol. The molecular formula is C11H16N2. The minimum absolute atomic E-state index is 0.264. The molecule has 2 unspecified atom stereocenters. The highest BCUT2D eigenvalue weighted by Gasteiger charge is 2.28. The van der Waals surface area contributed by atoms with E-state index in [1.165, 1.54) is 12.8 Å². The van der Waals surface area contributed by atoms with Crippen LogP contribution in [0.25, 0.3) is 0 Å². The summed E-state index contributed by atoms with van der Waals surface area (Å²) in [6, 6.07) is 3.48. The Hall–Kier alpha value is -0.810. The summed E-state index contributed by atoms with van der Waals surface area (Å²) in [5, 5.41) is 12.5. The zero-order valence-corrected chi connectivity index (χ0v) is 7.87. The maximum atomic E-state index is 8.90. The quantitative estimate of drug-likeness (QED) is 0.653. The van der Waals surface area contributed by atoms with Crippen LogP contribution in [0.15, 0.2) is 12.2 Å². The van der Waals surface area contributed by atoms with Gasteiger partial charge in [0.2, 0.25) is 0 Å². The summed E-state index contributed by atoms with van der Waals surface area (Å²) in [6.07, 6.45) is 10.3. The molecule has 2 rings (SSSR count). The Morgan fingerprint density at radius 3 is 2.69 bits per heavy atom. The predicted molar refractivity (Wildman–Crippen MR) is 52.0 cm³/mol. The molecule has 70 valence electrons. The summed E-state index contributed by atoms with van der Waals surface area (Å²) in [6.45, 7) is 0. The van der Waals surface area contributed by atoms with E-state index in [0.29, 0.717) is 12.1 Å². The third-order valence-corrected chi connectivity index (χ3v) is 3.14. The van der Waals surface area contributed by atoms with Crippen molar-refractivity contribution in [1.82, 2.24) is 5.32 Å². The summed E-state index contributed by atoms with van der Waals surface area (Å²) >= 11 is 0. The number of nitriles is 1. The summed E-state index contributed by atoms with van der Waals surface area (Å²) in [5.41, 5.74) is 0. The van der Waals surface area contributed by atoms with Gasteiger partial charge in [-0.3, -0.25) is 0 Å². The van der Waals surface area contributed by atoms with Crippen molar-refractivity contribution in [3.8, 4) is 6.07 Å². The summed E-state index contributed by atoms with van der Waals surface area (Å²) < 4.78 is 0. The molecule has 2 atom stereocenters. The summed E-state index contributed by atoms with van der Waals surface area (Å²) in [4.78, 5) is 0. The van der Waals surface area contributed by atoms with Crippen molar-refractivity contribution in [3.05, 3.63) is 12.2 Å². The van der Waals surface area contributed by atoms with E-state index >= 15 is 0 Å². The molecule has 0 aromatic heterocycles. The standard InChI is InChI=1S/C11H16N2/c12-8-9-4-3-7-11(9)13-10-5-1-2-6-10/h1-2,9-11,13H,3-7H2. The molecule has 0 aliphatic heterocycles. The Kier molecular flexibility index (Phi) is 2.65. The fraction of sp³-hybridized carbons (Fsp3) is 0.727. The Balaban J connectivity index is 1.84. The van der Waals surface area contributed by atoms with Gasteiger partial charge in [0.15, 0.2) is 0 Å². The van der Waals surface area contributed by atoms with Gasteiger partial charge in [-0.05, 0) is 25.7 Å². The second-order valence-corrected chi connectivity index (χ2v) is 4.08. The van der Waals surface area contributed by atoms with E-state index in [0.717, 1.165) is 19.3 Å². The summed E-state index contributed by atoms with van der Waals surface area (Å²) in [5.74, 6) is 0.264. The molecular weight excluding hydrogens is 160 g/mol. The summed E-state index contributed by atoms with van der Waals surface area (Å²) in [7, 11) is 0. The van der Waals surface area contributed by atoms with Gasteiger partial charge in [0.25, 0.3) is 0 Å². The number of hydrogen-bond acceptors (Lipinski definition) is 2. The van der Waals surface area contributed by atoms with Crippen LogP contribution in [-0.2, 0) is 0 Å². The molecule has 0 aromatic carbocycles. The highest BCUT2D eigenvalue weighted by atomic mass is 15.0. The number of nitrogens with one attached hydrogen (secondary N) is 1. The molecule has 0 aromatic rings. The first kappa shape index (κ1) is 8.77. The molecule has 13 heavy (non-hydrogen) atoms. The normalized spacial score (nSPS) is 33.8. The van der Waals surface area contributed by atoms with E-state index in [4.69, 9.17) is 5.26 Å². The van der Waals surface area contributed by atoms with E-state index in [1.54, 1.807) is 0 Å². The maximum Gasteiger partial charge on any atom is 0.0672 e. The van der Waals surface area contributed by atoms with Crippen LogP contribution in [0, 0.1) is 17.2 Å². The molecule has 2 nitrogen and oxygen atoms in total. The Labute approximate surface area is 79.6 Å². The van der Waals surface area contributed by atoms with Crippen LogP contribution in [0.4, 0.5) is 0 Å². The van der Waals surface area contributed by atoms with Crippen LogP contribution in [-0.4, -0.2) is 12.1 Å². The molecule has 2 aliphatic rings. The van der Waals surface area contributed by atoms with Crippen LogP contribution in [0.2, 0.25) is 0 Å². The lowest BCUT2D eigenvalue weighted by Gasteiger charge is -2.20. The van der Waals surface area contributed by atoms with Crippen molar-refractivity contribution in [2.24, 2.45) is 5.92 Å². The largest absolute Gasteiger partial charge is 0.309 e. The maximum absolute atomic E-state index is 8.90. The van der Waals surface area contributed by atoms with E-state index in [-0.39, 0.29) is 5.92 Å². The van der Waals surface area contributed by atoms with Crippen molar-refractivity contribution in [2.45, 2.75) is 44.2 Å². The van der Waals surface area contributed by atoms with Gasteiger partial charge in [0.05, 0.1) is 12.0 Å². The van der Waals surface area contributed by atoms with Gasteiger partial charge in [-0.15, -0.1) is 0 Å². The SMILES string of the molecule is N#CC1CCCC1NC1CC=CC1. The van der Waals surface area contributed by atoms with Crippen LogP contribution in [0.1, 0.15) is 32.1 Å². The van der Waals surface area contributed by atoms with Crippen molar-refractivity contribution in [2.75, 3.05) is 0 Å². The smallest absolute Gasteiger partial charge is 0.0672 e. The molecule has 0 spiro atoms. The van der Waals surface area contributed by atoms with Gasteiger partial charge in [0.1, 0.15) is 0 Å². The van der Waals surface area contributed by atoms with Gasteiger partial charge >= 0.3 is 0 Å². The average molecular weight is 176 g/mol. The first-order valence-corrected chi connectivity index (χ1v) is 5.21. The van der Waals surface area contributed by atoms with Crippen molar-refractivity contribution in [3.63, 3.8) is 0 Å². The van der Waals surface area contributed by atoms with Gasteiger partial charge in [0, 0.05) is 12.1 Å². The predicted octanol–water partition coefficient (Wildman–Crippen LogP) is 1.99. The number of hydrogen-bond donors (Lipinski definition) is 1. The molecule has 1 saturated carbocycles. The first-order chi connectivity index (χ1) is 6.40. The topological polar surface area (TPSA) is 35.8 Å². The fourth-order valence-corrected chi connectivity index (χ4v) is 2.37. The van der Waals surface area contributed by atoms with E-state index in [9.17, 15) is 0 Å². The lowest BCUT2D eigenvalue weighted by Crippen LogP contribution is -2.38. The number of rotatable bonds is 2. The Morgan fingerprint density at radius 2 is 2.00 bits per heavy atom. The molecule has 0 bridgehead atoms. The zero-order valence-electron chi connectivity index (χ0n) is 7.87. The molecule has 1 N–H and O–H groups in total. The second kappa shape index (κ2) is 3.93. The molecule has 0 amide bonds. The van der Waals surface area contributed by atoms with Crippen LogP contribution in [0.5, 0.6) is 0 Å². The minimum atomic E-state index is 0.264. The third-order valence-electron chi connectivity index (χ3n) is 3.14. The van der Waals surface area contributed by atoms with E-state index in [2.05, 4.69) is 23.5 Å². The van der Waals surface area contributed by atoms with Crippen LogP contribution < -0.4 is 5.32 Å². The highest BCUT2D eigenvalue weighted by Crippen LogP contribution is 2.26. The van der Waals surface area contributed by atoms with Gasteiger partial charge in [-0.1, -0.05) is 18.6 Å². The van der Waals surface area contributed by atoms with Crippen molar-refractivity contribution < 1.29 is 0 Å². The molecule has 2 aliphatic carbocycles. The second-order valence-electron chi connectivity index (χ2n) is 4.08. The molecule has 1 fully saturated rings. The van der Waals surface area contributed by atoms with E-state index < -0.39 is 0 Å². The lowest BCUT2D eigenvalue weighted by atomic mass is 10.0. The van der Waals surface area contributed by atoms with Crippen LogP contribution >= 0.6 is 0 Å². The van der Waals surface area contributed by atoms with Gasteiger partial charge in [-0.25, -0.2) is 0 Å². The minimum Gasteiger partial charge on any atom is -0.309 e. The first-order valence-electron chi connectivity index (χ1n) is 5.21. The fourth-order valence-electron chi connectivity index (χ4n) is 2.37. The Bertz CT molecular complexity index is 231. The molecule has 0 saturated heterocycles. The average Bonchev–Trinajstić information content (AvgIpc) is 2.76.